The van der Waals surface area contributed by atoms with Gasteiger partial charge in [0.15, 0.2) is 6.61 Å². The summed E-state index contributed by atoms with van der Waals surface area (Å²) in [4.78, 5) is 26.5. The number of carbonyl (C=O) groups excluding carboxylic acids is 2. The molecule has 2 N–H and O–H groups in total. The van der Waals surface area contributed by atoms with Crippen LogP contribution in [0.25, 0.3) is 0 Å². The lowest BCUT2D eigenvalue weighted by atomic mass is 10.1. The molecule has 0 aromatic heterocycles. The number of nitrogens with zero attached hydrogens (tertiary/aromatic N) is 1. The molecule has 7 heteroatoms. The number of esters is 1. The summed E-state index contributed by atoms with van der Waals surface area (Å²) in [6.07, 6.45) is 2.40. The number of anilines is 2. The zero-order valence-corrected chi connectivity index (χ0v) is 16.0. The lowest BCUT2D eigenvalue weighted by Crippen LogP contribution is -2.22. The zero-order chi connectivity index (χ0) is 20.1. The Morgan fingerprint density at radius 3 is 2.54 bits per heavy atom. The van der Waals surface area contributed by atoms with Gasteiger partial charge in [-0.05, 0) is 55.7 Å². The Morgan fingerprint density at radius 1 is 1.14 bits per heavy atom. The second-order valence-corrected chi connectivity index (χ2v) is 6.70. The number of amides is 1. The van der Waals surface area contributed by atoms with E-state index >= 15 is 0 Å². The van der Waals surface area contributed by atoms with E-state index in [0.29, 0.717) is 11.4 Å². The topological polar surface area (TPSA) is 88.1 Å². The lowest BCUT2D eigenvalue weighted by Gasteiger charge is -2.19. The van der Waals surface area contributed by atoms with Gasteiger partial charge in [0.25, 0.3) is 5.91 Å². The fourth-order valence-corrected chi connectivity index (χ4v) is 3.17. The van der Waals surface area contributed by atoms with Gasteiger partial charge in [0.05, 0.1) is 7.11 Å². The summed E-state index contributed by atoms with van der Waals surface area (Å²) in [5.41, 5.74) is 2.74. The molecular weight excluding hydrogens is 360 g/mol. The van der Waals surface area contributed by atoms with Crippen molar-refractivity contribution in [3.05, 3.63) is 47.5 Å². The number of benzene rings is 2. The van der Waals surface area contributed by atoms with Crippen molar-refractivity contribution in [2.75, 3.05) is 37.0 Å². The van der Waals surface area contributed by atoms with Crippen LogP contribution in [0.4, 0.5) is 11.4 Å². The molecule has 1 saturated heterocycles. The van der Waals surface area contributed by atoms with Gasteiger partial charge in [-0.3, -0.25) is 4.79 Å². The van der Waals surface area contributed by atoms with Crippen LogP contribution in [-0.4, -0.2) is 43.8 Å². The number of methoxy groups -OCH3 is 1. The van der Waals surface area contributed by atoms with Crippen molar-refractivity contribution in [2.24, 2.45) is 0 Å². The van der Waals surface area contributed by atoms with Crippen molar-refractivity contribution in [3.8, 4) is 11.5 Å². The maximum atomic E-state index is 12.1. The average Bonchev–Trinajstić information content (AvgIpc) is 3.22. The van der Waals surface area contributed by atoms with E-state index < -0.39 is 18.5 Å². The molecule has 2 aromatic carbocycles. The molecule has 0 atom stereocenters. The Labute approximate surface area is 163 Å². The van der Waals surface area contributed by atoms with Gasteiger partial charge in [0.1, 0.15) is 17.1 Å². The van der Waals surface area contributed by atoms with Crippen LogP contribution in [0.2, 0.25) is 0 Å². The van der Waals surface area contributed by atoms with Crippen molar-refractivity contribution < 1.29 is 24.2 Å². The molecule has 0 saturated carbocycles. The number of carbonyl (C=O) groups is 2. The summed E-state index contributed by atoms with van der Waals surface area (Å²) in [7, 11) is 1.46. The lowest BCUT2D eigenvalue weighted by molar-refractivity contribution is -0.119. The summed E-state index contributed by atoms with van der Waals surface area (Å²) >= 11 is 0. The largest absolute Gasteiger partial charge is 0.507 e. The summed E-state index contributed by atoms with van der Waals surface area (Å²) in [6.45, 7) is 3.59. The highest BCUT2D eigenvalue weighted by molar-refractivity contribution is 5.97. The van der Waals surface area contributed by atoms with E-state index in [0.717, 1.165) is 24.3 Å². The fourth-order valence-electron chi connectivity index (χ4n) is 3.17. The van der Waals surface area contributed by atoms with E-state index in [-0.39, 0.29) is 11.3 Å². The number of hydrogen-bond acceptors (Lipinski definition) is 6. The van der Waals surface area contributed by atoms with Gasteiger partial charge >= 0.3 is 5.97 Å². The molecule has 2 aromatic rings. The Balaban J connectivity index is 1.56. The number of phenols is 1. The monoisotopic (exact) mass is 384 g/mol. The molecule has 3 rings (SSSR count). The first-order valence-corrected chi connectivity index (χ1v) is 9.17. The Bertz CT molecular complexity index is 875. The highest BCUT2D eigenvalue weighted by atomic mass is 16.5. The number of ether oxygens (including phenoxy) is 2. The number of phenolic OH excluding ortho intramolecular Hbond substituents is 1. The van der Waals surface area contributed by atoms with Crippen molar-refractivity contribution in [1.29, 1.82) is 0 Å². The van der Waals surface area contributed by atoms with Crippen LogP contribution in [0.1, 0.15) is 28.8 Å². The smallest absolute Gasteiger partial charge is 0.342 e. The number of hydrogen-bond donors (Lipinski definition) is 2. The first-order chi connectivity index (χ1) is 13.5. The fraction of sp³-hybridized carbons (Fsp3) is 0.333. The number of nitrogens with one attached hydrogen (secondary N) is 1. The van der Waals surface area contributed by atoms with Gasteiger partial charge in [-0.25, -0.2) is 4.79 Å². The van der Waals surface area contributed by atoms with Crippen LogP contribution in [-0.2, 0) is 9.53 Å². The minimum Gasteiger partial charge on any atom is -0.507 e. The van der Waals surface area contributed by atoms with Gasteiger partial charge in [-0.2, -0.15) is 0 Å². The SMILES string of the molecule is COc1ccc(C(=O)OCC(=O)Nc2ccc(N3CCCC3)cc2C)c(O)c1. The summed E-state index contributed by atoms with van der Waals surface area (Å²) in [5, 5.41) is 12.6. The van der Waals surface area contributed by atoms with E-state index in [2.05, 4.69) is 10.2 Å². The van der Waals surface area contributed by atoms with Gasteiger partial charge < -0.3 is 24.8 Å². The zero-order valence-electron chi connectivity index (χ0n) is 16.0. The molecule has 0 radical (unpaired) electrons. The maximum absolute atomic E-state index is 12.1. The molecule has 1 fully saturated rings. The molecule has 0 bridgehead atoms. The highest BCUT2D eigenvalue weighted by Crippen LogP contribution is 2.26. The van der Waals surface area contributed by atoms with Gasteiger partial charge in [0.2, 0.25) is 0 Å². The van der Waals surface area contributed by atoms with Gasteiger partial charge in [-0.15, -0.1) is 0 Å². The van der Waals surface area contributed by atoms with E-state index in [1.165, 1.54) is 38.2 Å². The Kier molecular flexibility index (Phi) is 6.03. The van der Waals surface area contributed by atoms with Crippen LogP contribution >= 0.6 is 0 Å². The molecule has 1 aliphatic heterocycles. The first kappa shape index (κ1) is 19.5. The van der Waals surface area contributed by atoms with Crippen LogP contribution < -0.4 is 15.0 Å². The minimum atomic E-state index is -0.781. The van der Waals surface area contributed by atoms with Crippen LogP contribution in [0.5, 0.6) is 11.5 Å². The standard InChI is InChI=1S/C21H24N2O5/c1-14-11-15(23-9-3-4-10-23)5-8-18(14)22-20(25)13-28-21(26)17-7-6-16(27-2)12-19(17)24/h5-8,11-12,24H,3-4,9-10,13H2,1-2H3,(H,22,25). The Hall–Kier alpha value is -3.22. The molecule has 7 nitrogen and oxygen atoms in total. The van der Waals surface area contributed by atoms with Crippen molar-refractivity contribution in [2.45, 2.75) is 19.8 Å². The predicted octanol–water partition coefficient (Wildman–Crippen LogP) is 3.10. The molecule has 0 aliphatic carbocycles. The van der Waals surface area contributed by atoms with Crippen LogP contribution in [0.3, 0.4) is 0 Å². The van der Waals surface area contributed by atoms with Crippen molar-refractivity contribution >= 4 is 23.3 Å². The second kappa shape index (κ2) is 8.65. The van der Waals surface area contributed by atoms with E-state index in [4.69, 9.17) is 9.47 Å². The first-order valence-electron chi connectivity index (χ1n) is 9.17. The predicted molar refractivity (Wildman–Crippen MR) is 106 cm³/mol. The average molecular weight is 384 g/mol. The normalized spacial score (nSPS) is 13.3. The summed E-state index contributed by atoms with van der Waals surface area (Å²) < 4.78 is 9.97. The van der Waals surface area contributed by atoms with Crippen LogP contribution in [0.15, 0.2) is 36.4 Å². The van der Waals surface area contributed by atoms with E-state index in [9.17, 15) is 14.7 Å². The van der Waals surface area contributed by atoms with Crippen molar-refractivity contribution in [1.82, 2.24) is 0 Å². The van der Waals surface area contributed by atoms with Crippen molar-refractivity contribution in [3.63, 3.8) is 0 Å². The molecule has 148 valence electrons. The number of aromatic hydroxyl groups is 1. The van der Waals surface area contributed by atoms with E-state index in [1.807, 2.05) is 25.1 Å². The molecule has 1 aliphatic rings. The van der Waals surface area contributed by atoms with Gasteiger partial charge in [-0.1, -0.05) is 0 Å². The molecule has 1 heterocycles. The third-order valence-corrected chi connectivity index (χ3v) is 4.71. The number of rotatable bonds is 6. The third kappa shape index (κ3) is 4.54. The van der Waals surface area contributed by atoms with Gasteiger partial charge in [0, 0.05) is 30.5 Å². The summed E-state index contributed by atoms with van der Waals surface area (Å²) in [6, 6.07) is 10.1. The quantitative estimate of drug-likeness (QED) is 0.744. The molecule has 28 heavy (non-hydrogen) atoms. The Morgan fingerprint density at radius 2 is 1.89 bits per heavy atom. The highest BCUT2D eigenvalue weighted by Gasteiger charge is 2.16. The second-order valence-electron chi connectivity index (χ2n) is 6.70. The van der Waals surface area contributed by atoms with E-state index in [1.54, 1.807) is 0 Å². The molecule has 1 amide bonds. The molecular formula is C21H24N2O5. The minimum absolute atomic E-state index is 0.0280. The maximum Gasteiger partial charge on any atom is 0.342 e. The number of aryl methyl sites for hydroxylation is 1. The summed E-state index contributed by atoms with van der Waals surface area (Å²) in [5.74, 6) is -1.08. The molecule has 0 spiro atoms. The molecule has 0 unspecified atom stereocenters. The van der Waals surface area contributed by atoms with Crippen LogP contribution in [0, 0.1) is 6.92 Å². The third-order valence-electron chi connectivity index (χ3n) is 4.71.